The fourth-order valence-corrected chi connectivity index (χ4v) is 2.84. The Bertz CT molecular complexity index is 575. The van der Waals surface area contributed by atoms with Crippen molar-refractivity contribution in [2.24, 2.45) is 5.92 Å². The predicted octanol–water partition coefficient (Wildman–Crippen LogP) is 0.712. The quantitative estimate of drug-likeness (QED) is 0.766. The Morgan fingerprint density at radius 1 is 1.27 bits per heavy atom. The lowest BCUT2D eigenvalue weighted by atomic mass is 9.89. The van der Waals surface area contributed by atoms with Gasteiger partial charge < -0.3 is 20.6 Å². The molecule has 0 spiro atoms. The minimum absolute atomic E-state index is 0.129. The van der Waals surface area contributed by atoms with Gasteiger partial charge in [0, 0.05) is 19.2 Å². The Morgan fingerprint density at radius 2 is 1.91 bits per heavy atom. The van der Waals surface area contributed by atoms with Crippen molar-refractivity contribution in [3.05, 3.63) is 35.4 Å². The normalized spacial score (nSPS) is 19.3. The first-order valence-corrected chi connectivity index (χ1v) is 7.58. The van der Waals surface area contributed by atoms with E-state index >= 15 is 0 Å². The van der Waals surface area contributed by atoms with Crippen molar-refractivity contribution in [3.63, 3.8) is 0 Å². The molecule has 1 aliphatic carbocycles. The number of β-amino-alcohol motifs (C(OH)–C–C–N with tert-alkyl or cyclic N) is 1. The molecule has 0 atom stereocenters. The summed E-state index contributed by atoms with van der Waals surface area (Å²) < 4.78 is 0. The number of nitrogens with one attached hydrogen (secondary N) is 2. The molecule has 6 nitrogen and oxygen atoms in total. The van der Waals surface area contributed by atoms with E-state index in [0.29, 0.717) is 31.1 Å². The molecule has 0 aromatic heterocycles. The van der Waals surface area contributed by atoms with E-state index in [1.807, 2.05) is 12.1 Å². The Labute approximate surface area is 129 Å². The molecule has 1 aliphatic heterocycles. The average molecular weight is 303 g/mol. The van der Waals surface area contributed by atoms with Crippen molar-refractivity contribution in [1.82, 2.24) is 15.5 Å². The molecule has 118 valence electrons. The predicted molar refractivity (Wildman–Crippen MR) is 81.3 cm³/mol. The van der Waals surface area contributed by atoms with Gasteiger partial charge in [-0.1, -0.05) is 12.1 Å². The first-order chi connectivity index (χ1) is 10.5. The first-order valence-electron chi connectivity index (χ1n) is 7.58. The van der Waals surface area contributed by atoms with Gasteiger partial charge in [0.15, 0.2) is 0 Å². The first kappa shape index (κ1) is 14.8. The van der Waals surface area contributed by atoms with Crippen LogP contribution in [0.15, 0.2) is 24.3 Å². The number of aliphatic hydroxyl groups is 1. The topological polar surface area (TPSA) is 81.7 Å². The summed E-state index contributed by atoms with van der Waals surface area (Å²) in [5, 5.41) is 15.6. The van der Waals surface area contributed by atoms with Gasteiger partial charge in [0.1, 0.15) is 5.60 Å². The molecule has 1 aromatic rings. The maximum Gasteiger partial charge on any atom is 0.317 e. The number of carbonyl (C=O) groups is 2. The van der Waals surface area contributed by atoms with E-state index in [-0.39, 0.29) is 11.9 Å². The van der Waals surface area contributed by atoms with Crippen molar-refractivity contribution < 1.29 is 14.7 Å². The minimum Gasteiger partial charge on any atom is -0.386 e. The molecule has 2 fully saturated rings. The molecule has 0 bridgehead atoms. The highest BCUT2D eigenvalue weighted by atomic mass is 16.3. The Kier molecular flexibility index (Phi) is 3.78. The smallest absolute Gasteiger partial charge is 0.317 e. The third kappa shape index (κ3) is 2.92. The van der Waals surface area contributed by atoms with E-state index in [9.17, 15) is 14.7 Å². The Morgan fingerprint density at radius 3 is 2.45 bits per heavy atom. The van der Waals surface area contributed by atoms with Crippen LogP contribution in [-0.4, -0.2) is 47.7 Å². The van der Waals surface area contributed by atoms with Gasteiger partial charge in [0.2, 0.25) is 0 Å². The van der Waals surface area contributed by atoms with Crippen LogP contribution in [0.1, 0.15) is 28.8 Å². The molecule has 3 amide bonds. The molecule has 0 radical (unpaired) electrons. The molecule has 1 saturated heterocycles. The number of hydrogen-bond donors (Lipinski definition) is 3. The molecular formula is C16H21N3O3. The van der Waals surface area contributed by atoms with E-state index in [1.165, 1.54) is 0 Å². The maximum atomic E-state index is 12.0. The van der Waals surface area contributed by atoms with Crippen molar-refractivity contribution in [2.45, 2.75) is 25.0 Å². The number of likely N-dealkylation sites (tertiary alicyclic amines) is 1. The number of carbonyl (C=O) groups excluding carboxylic acids is 2. The second kappa shape index (κ2) is 5.61. The number of hydrogen-bond acceptors (Lipinski definition) is 3. The number of benzene rings is 1. The van der Waals surface area contributed by atoms with Crippen LogP contribution in [-0.2, 0) is 6.54 Å². The third-order valence-electron chi connectivity index (χ3n) is 4.44. The van der Waals surface area contributed by atoms with Crippen LogP contribution in [0.25, 0.3) is 0 Å². The van der Waals surface area contributed by atoms with Gasteiger partial charge in [-0.25, -0.2) is 4.79 Å². The zero-order chi connectivity index (χ0) is 15.7. The van der Waals surface area contributed by atoms with E-state index in [4.69, 9.17) is 0 Å². The van der Waals surface area contributed by atoms with Crippen molar-refractivity contribution in [3.8, 4) is 0 Å². The highest BCUT2D eigenvalue weighted by molar-refractivity contribution is 5.93. The summed E-state index contributed by atoms with van der Waals surface area (Å²) >= 11 is 0. The van der Waals surface area contributed by atoms with E-state index < -0.39 is 5.60 Å². The van der Waals surface area contributed by atoms with E-state index in [1.54, 1.807) is 24.1 Å². The average Bonchev–Trinajstić information content (AvgIpc) is 3.34. The zero-order valence-electron chi connectivity index (χ0n) is 12.6. The van der Waals surface area contributed by atoms with Crippen LogP contribution < -0.4 is 10.6 Å². The summed E-state index contributed by atoms with van der Waals surface area (Å²) in [6.07, 6.45) is 2.15. The van der Waals surface area contributed by atoms with Crippen LogP contribution in [0.2, 0.25) is 0 Å². The van der Waals surface area contributed by atoms with Crippen molar-refractivity contribution in [1.29, 1.82) is 0 Å². The molecule has 3 N–H and O–H groups in total. The summed E-state index contributed by atoms with van der Waals surface area (Å²) in [4.78, 5) is 25.1. The van der Waals surface area contributed by atoms with Gasteiger partial charge in [0.25, 0.3) is 5.91 Å². The van der Waals surface area contributed by atoms with E-state index in [2.05, 4.69) is 10.6 Å². The molecule has 1 aromatic carbocycles. The summed E-state index contributed by atoms with van der Waals surface area (Å²) in [5.41, 5.74) is 0.876. The van der Waals surface area contributed by atoms with Crippen LogP contribution in [0.4, 0.5) is 4.79 Å². The SMILES string of the molecule is CNC(=O)c1ccc(CNC(=O)N2CC(O)(C3CC3)C2)cc1. The molecule has 1 saturated carbocycles. The number of nitrogens with zero attached hydrogens (tertiary/aromatic N) is 1. The summed E-state index contributed by atoms with van der Waals surface area (Å²) in [6, 6.07) is 6.95. The molecule has 6 heteroatoms. The van der Waals surface area contributed by atoms with Gasteiger partial charge in [-0.15, -0.1) is 0 Å². The standard InChI is InChI=1S/C16H21N3O3/c1-17-14(20)12-4-2-11(3-5-12)8-18-15(21)19-9-16(22,10-19)13-6-7-13/h2-5,13,22H,6-10H2,1H3,(H,17,20)(H,18,21). The lowest BCUT2D eigenvalue weighted by molar-refractivity contribution is -0.0918. The summed E-state index contributed by atoms with van der Waals surface area (Å²) in [6.45, 7) is 1.27. The number of amides is 3. The maximum absolute atomic E-state index is 12.0. The molecule has 3 rings (SSSR count). The molecule has 22 heavy (non-hydrogen) atoms. The lowest BCUT2D eigenvalue weighted by Crippen LogP contribution is -2.66. The molecule has 0 unspecified atom stereocenters. The summed E-state index contributed by atoms with van der Waals surface area (Å²) in [7, 11) is 1.59. The van der Waals surface area contributed by atoms with Crippen molar-refractivity contribution >= 4 is 11.9 Å². The Hall–Kier alpha value is -2.08. The third-order valence-corrected chi connectivity index (χ3v) is 4.44. The molecule has 1 heterocycles. The van der Waals surface area contributed by atoms with Crippen LogP contribution in [0, 0.1) is 5.92 Å². The highest BCUT2D eigenvalue weighted by Crippen LogP contribution is 2.44. The Balaban J connectivity index is 1.46. The van der Waals surface area contributed by atoms with Gasteiger partial charge >= 0.3 is 6.03 Å². The van der Waals surface area contributed by atoms with E-state index in [0.717, 1.165) is 18.4 Å². The van der Waals surface area contributed by atoms with Crippen LogP contribution in [0.5, 0.6) is 0 Å². The zero-order valence-corrected chi connectivity index (χ0v) is 12.6. The van der Waals surface area contributed by atoms with Gasteiger partial charge in [-0.05, 0) is 36.5 Å². The second-order valence-corrected chi connectivity index (χ2v) is 6.17. The summed E-state index contributed by atoms with van der Waals surface area (Å²) in [5.74, 6) is 0.254. The van der Waals surface area contributed by atoms with Gasteiger partial charge in [-0.2, -0.15) is 0 Å². The highest BCUT2D eigenvalue weighted by Gasteiger charge is 2.53. The fourth-order valence-electron chi connectivity index (χ4n) is 2.84. The lowest BCUT2D eigenvalue weighted by Gasteiger charge is -2.46. The minimum atomic E-state index is -0.646. The molecule has 2 aliphatic rings. The van der Waals surface area contributed by atoms with Crippen LogP contribution in [0.3, 0.4) is 0 Å². The largest absolute Gasteiger partial charge is 0.386 e. The molecular weight excluding hydrogens is 282 g/mol. The fraction of sp³-hybridized carbons (Fsp3) is 0.500. The number of rotatable bonds is 4. The van der Waals surface area contributed by atoms with Crippen LogP contribution >= 0.6 is 0 Å². The second-order valence-electron chi connectivity index (χ2n) is 6.17. The monoisotopic (exact) mass is 303 g/mol. The number of urea groups is 1. The van der Waals surface area contributed by atoms with Crippen molar-refractivity contribution in [2.75, 3.05) is 20.1 Å². The van der Waals surface area contributed by atoms with Gasteiger partial charge in [0.05, 0.1) is 13.1 Å². The van der Waals surface area contributed by atoms with Gasteiger partial charge in [-0.3, -0.25) is 4.79 Å².